The molecule has 0 amide bonds. The highest BCUT2D eigenvalue weighted by molar-refractivity contribution is 5.49. The number of nitrogens with zero attached hydrogens (tertiary/aromatic N) is 1. The van der Waals surface area contributed by atoms with Gasteiger partial charge in [0.25, 0.3) is 0 Å². The lowest BCUT2D eigenvalue weighted by Gasteiger charge is -2.33. The zero-order chi connectivity index (χ0) is 15.4. The fourth-order valence-electron chi connectivity index (χ4n) is 2.72. The molecule has 0 spiro atoms. The lowest BCUT2D eigenvalue weighted by Crippen LogP contribution is -2.49. The van der Waals surface area contributed by atoms with Crippen LogP contribution in [0.15, 0.2) is 48.8 Å². The smallest absolute Gasteiger partial charge is 0.0367 e. The highest BCUT2D eigenvalue weighted by atomic mass is 15.2. The summed E-state index contributed by atoms with van der Waals surface area (Å²) in [5, 5.41) is 6.69. The minimum absolute atomic E-state index is 0.276. The van der Waals surface area contributed by atoms with Crippen LogP contribution in [-0.4, -0.2) is 25.7 Å². The van der Waals surface area contributed by atoms with Crippen LogP contribution in [0.1, 0.15) is 32.3 Å². The van der Waals surface area contributed by atoms with Crippen LogP contribution >= 0.6 is 0 Å². The molecule has 3 nitrogen and oxygen atoms in total. The maximum absolute atomic E-state index is 4.10. The molecule has 0 aliphatic carbocycles. The summed E-state index contributed by atoms with van der Waals surface area (Å²) in [6, 6.07) is 9.41. The average molecular weight is 285 g/mol. The molecule has 1 aromatic rings. The van der Waals surface area contributed by atoms with Gasteiger partial charge in [-0.15, -0.1) is 0 Å². The van der Waals surface area contributed by atoms with Crippen LogP contribution in [0.2, 0.25) is 0 Å². The number of allylic oxidation sites excluding steroid dienone is 2. The quantitative estimate of drug-likeness (QED) is 0.870. The van der Waals surface area contributed by atoms with E-state index < -0.39 is 0 Å². The normalized spacial score (nSPS) is 20.0. The largest absolute Gasteiger partial charge is 0.369 e. The average Bonchev–Trinajstić information content (AvgIpc) is 2.46. The molecule has 0 aromatic heterocycles. The molecule has 21 heavy (non-hydrogen) atoms. The van der Waals surface area contributed by atoms with Crippen LogP contribution in [0, 0.1) is 0 Å². The first-order valence-electron chi connectivity index (χ1n) is 7.67. The van der Waals surface area contributed by atoms with Crippen LogP contribution in [-0.2, 0) is 0 Å². The van der Waals surface area contributed by atoms with Crippen LogP contribution < -0.4 is 15.5 Å². The maximum atomic E-state index is 4.10. The van der Waals surface area contributed by atoms with E-state index in [1.165, 1.54) is 11.3 Å². The van der Waals surface area contributed by atoms with Gasteiger partial charge in [0, 0.05) is 48.7 Å². The SMILES string of the molecule is C=C(C)NC(=C)C(C)c1ccc(N2CCNC(C)C2)cc1. The highest BCUT2D eigenvalue weighted by Gasteiger charge is 2.16. The van der Waals surface area contributed by atoms with Gasteiger partial charge >= 0.3 is 0 Å². The molecule has 0 bridgehead atoms. The molecule has 3 heteroatoms. The highest BCUT2D eigenvalue weighted by Crippen LogP contribution is 2.25. The van der Waals surface area contributed by atoms with E-state index in [1.807, 2.05) is 6.92 Å². The van der Waals surface area contributed by atoms with E-state index in [2.05, 4.69) is 66.8 Å². The van der Waals surface area contributed by atoms with Crippen LogP contribution in [0.3, 0.4) is 0 Å². The molecule has 2 atom stereocenters. The van der Waals surface area contributed by atoms with Gasteiger partial charge in [0.05, 0.1) is 0 Å². The number of benzene rings is 1. The minimum Gasteiger partial charge on any atom is -0.369 e. The van der Waals surface area contributed by atoms with Crippen molar-refractivity contribution in [2.24, 2.45) is 0 Å². The van der Waals surface area contributed by atoms with Crippen molar-refractivity contribution in [1.82, 2.24) is 10.6 Å². The number of anilines is 1. The molecule has 2 unspecified atom stereocenters. The number of piperazine rings is 1. The first-order valence-corrected chi connectivity index (χ1v) is 7.67. The molecule has 0 radical (unpaired) electrons. The van der Waals surface area contributed by atoms with E-state index in [0.29, 0.717) is 6.04 Å². The van der Waals surface area contributed by atoms with Gasteiger partial charge in [-0.25, -0.2) is 0 Å². The van der Waals surface area contributed by atoms with Crippen molar-refractivity contribution in [3.63, 3.8) is 0 Å². The van der Waals surface area contributed by atoms with E-state index in [-0.39, 0.29) is 5.92 Å². The van der Waals surface area contributed by atoms with E-state index in [4.69, 9.17) is 0 Å². The molecule has 1 heterocycles. The summed E-state index contributed by atoms with van der Waals surface area (Å²) in [5.74, 6) is 0.276. The number of hydrogen-bond acceptors (Lipinski definition) is 3. The summed E-state index contributed by atoms with van der Waals surface area (Å²) in [7, 11) is 0. The Morgan fingerprint density at radius 1 is 1.33 bits per heavy atom. The molecule has 1 saturated heterocycles. The molecule has 1 aromatic carbocycles. The maximum Gasteiger partial charge on any atom is 0.0367 e. The second-order valence-electron chi connectivity index (χ2n) is 6.04. The first-order chi connectivity index (χ1) is 9.97. The Kier molecular flexibility index (Phi) is 5.07. The molecule has 1 fully saturated rings. The van der Waals surface area contributed by atoms with Crippen molar-refractivity contribution in [2.45, 2.75) is 32.7 Å². The molecular formula is C18H27N3. The van der Waals surface area contributed by atoms with Crippen molar-refractivity contribution in [2.75, 3.05) is 24.5 Å². The summed E-state index contributed by atoms with van der Waals surface area (Å²) >= 11 is 0. The van der Waals surface area contributed by atoms with Gasteiger partial charge in [0.1, 0.15) is 0 Å². The Hall–Kier alpha value is -1.74. The third-order valence-electron chi connectivity index (χ3n) is 4.02. The molecule has 114 valence electrons. The van der Waals surface area contributed by atoms with Crippen LogP contribution in [0.25, 0.3) is 0 Å². The predicted octanol–water partition coefficient (Wildman–Crippen LogP) is 3.23. The van der Waals surface area contributed by atoms with E-state index in [1.54, 1.807) is 0 Å². The van der Waals surface area contributed by atoms with Gasteiger partial charge < -0.3 is 15.5 Å². The molecule has 1 aliphatic rings. The Labute approximate surface area is 128 Å². The second kappa shape index (κ2) is 6.81. The second-order valence-corrected chi connectivity index (χ2v) is 6.04. The van der Waals surface area contributed by atoms with Gasteiger partial charge in [-0.1, -0.05) is 32.2 Å². The zero-order valence-electron chi connectivity index (χ0n) is 13.4. The lowest BCUT2D eigenvalue weighted by atomic mass is 9.97. The van der Waals surface area contributed by atoms with Gasteiger partial charge in [0.2, 0.25) is 0 Å². The summed E-state index contributed by atoms with van der Waals surface area (Å²) in [5.41, 5.74) is 4.50. The lowest BCUT2D eigenvalue weighted by molar-refractivity contribution is 0.485. The Morgan fingerprint density at radius 2 is 2.00 bits per heavy atom. The van der Waals surface area contributed by atoms with Gasteiger partial charge in [-0.05, 0) is 31.5 Å². The standard InChI is InChI=1S/C18H27N3/c1-13(2)20-16(5)15(4)17-6-8-18(9-7-17)21-11-10-19-14(3)12-21/h6-9,14-15,19-20H,1,5,10-12H2,2-4H3. The zero-order valence-corrected chi connectivity index (χ0v) is 13.4. The molecule has 2 rings (SSSR count). The van der Waals surface area contributed by atoms with Crippen molar-refractivity contribution >= 4 is 5.69 Å². The van der Waals surface area contributed by atoms with Crippen LogP contribution in [0.5, 0.6) is 0 Å². The molecular weight excluding hydrogens is 258 g/mol. The third-order valence-corrected chi connectivity index (χ3v) is 4.02. The number of rotatable bonds is 5. The summed E-state index contributed by atoms with van der Waals surface area (Å²) < 4.78 is 0. The Balaban J connectivity index is 2.04. The fraction of sp³-hybridized carbons (Fsp3) is 0.444. The van der Waals surface area contributed by atoms with Gasteiger partial charge in [-0.2, -0.15) is 0 Å². The summed E-state index contributed by atoms with van der Waals surface area (Å²) in [6.07, 6.45) is 0. The monoisotopic (exact) mass is 285 g/mol. The van der Waals surface area contributed by atoms with Crippen molar-refractivity contribution in [1.29, 1.82) is 0 Å². The minimum atomic E-state index is 0.276. The predicted molar refractivity (Wildman–Crippen MR) is 91.6 cm³/mol. The number of hydrogen-bond donors (Lipinski definition) is 2. The molecule has 1 aliphatic heterocycles. The van der Waals surface area contributed by atoms with Gasteiger partial charge in [0.15, 0.2) is 0 Å². The first kappa shape index (κ1) is 15.6. The van der Waals surface area contributed by atoms with E-state index >= 15 is 0 Å². The summed E-state index contributed by atoms with van der Waals surface area (Å²) in [6.45, 7) is 17.5. The van der Waals surface area contributed by atoms with E-state index in [9.17, 15) is 0 Å². The third kappa shape index (κ3) is 4.11. The molecule has 0 saturated carbocycles. The number of nitrogens with one attached hydrogen (secondary N) is 2. The van der Waals surface area contributed by atoms with Crippen LogP contribution in [0.4, 0.5) is 5.69 Å². The van der Waals surface area contributed by atoms with E-state index in [0.717, 1.165) is 31.0 Å². The topological polar surface area (TPSA) is 27.3 Å². The van der Waals surface area contributed by atoms with Crippen molar-refractivity contribution in [3.05, 3.63) is 54.4 Å². The van der Waals surface area contributed by atoms with Crippen molar-refractivity contribution < 1.29 is 0 Å². The molecule has 2 N–H and O–H groups in total. The van der Waals surface area contributed by atoms with Gasteiger partial charge in [-0.3, -0.25) is 0 Å². The summed E-state index contributed by atoms with van der Waals surface area (Å²) in [4.78, 5) is 2.44. The fourth-order valence-corrected chi connectivity index (χ4v) is 2.72. The Morgan fingerprint density at radius 3 is 2.57 bits per heavy atom. The van der Waals surface area contributed by atoms with Crippen molar-refractivity contribution in [3.8, 4) is 0 Å². The Bertz CT molecular complexity index is 504.